The number of carbonyl (C=O) groups is 2. The summed E-state index contributed by atoms with van der Waals surface area (Å²) >= 11 is 0. The van der Waals surface area contributed by atoms with Gasteiger partial charge in [-0.05, 0) is 93.8 Å². The molecular weight excluding hydrogens is 488 g/mol. The van der Waals surface area contributed by atoms with Crippen molar-refractivity contribution in [3.8, 4) is 16.8 Å². The Morgan fingerprint density at radius 3 is 2.44 bits per heavy atom. The van der Waals surface area contributed by atoms with Gasteiger partial charge in [0.05, 0.1) is 17.8 Å². The number of hydrogen-bond donors (Lipinski definition) is 0. The molecule has 0 aliphatic heterocycles. The molecule has 202 valence electrons. The predicted octanol–water partition coefficient (Wildman–Crippen LogP) is 6.83. The van der Waals surface area contributed by atoms with E-state index < -0.39 is 5.97 Å². The number of benzene rings is 2. The van der Waals surface area contributed by atoms with Crippen LogP contribution in [0.3, 0.4) is 0 Å². The molecule has 0 bridgehead atoms. The molecular formula is C32H36N4O3. The largest absolute Gasteiger partial charge is 0.462 e. The van der Waals surface area contributed by atoms with Crippen LogP contribution in [0.15, 0.2) is 67.0 Å². The molecule has 0 atom stereocenters. The number of fused-ring (bicyclic) bond motifs is 1. The molecule has 1 aliphatic rings. The number of amides is 1. The molecule has 0 unspecified atom stereocenters. The van der Waals surface area contributed by atoms with Crippen molar-refractivity contribution < 1.29 is 14.3 Å². The highest BCUT2D eigenvalue weighted by Gasteiger charge is 2.34. The first-order chi connectivity index (χ1) is 18.9. The first kappa shape index (κ1) is 26.6. The predicted molar refractivity (Wildman–Crippen MR) is 154 cm³/mol. The molecule has 1 saturated carbocycles. The molecule has 0 saturated heterocycles. The highest BCUT2D eigenvalue weighted by molar-refractivity contribution is 6.02. The lowest BCUT2D eigenvalue weighted by molar-refractivity contribution is -0.124. The van der Waals surface area contributed by atoms with Crippen LogP contribution in [0.5, 0.6) is 0 Å². The van der Waals surface area contributed by atoms with Crippen molar-refractivity contribution >= 4 is 28.6 Å². The number of rotatable bonds is 7. The van der Waals surface area contributed by atoms with Crippen LogP contribution in [0.2, 0.25) is 0 Å². The van der Waals surface area contributed by atoms with Gasteiger partial charge >= 0.3 is 5.97 Å². The van der Waals surface area contributed by atoms with Gasteiger partial charge in [0, 0.05) is 29.7 Å². The molecule has 2 aromatic carbocycles. The fourth-order valence-electron chi connectivity index (χ4n) is 5.40. The molecule has 5 rings (SSSR count). The summed E-state index contributed by atoms with van der Waals surface area (Å²) in [5.41, 5.74) is 4.21. The van der Waals surface area contributed by atoms with Gasteiger partial charge < -0.3 is 4.74 Å². The molecule has 0 N–H and O–H groups in total. The maximum Gasteiger partial charge on any atom is 0.343 e. The molecule has 39 heavy (non-hydrogen) atoms. The average molecular weight is 525 g/mol. The van der Waals surface area contributed by atoms with Gasteiger partial charge in [0.1, 0.15) is 5.56 Å². The zero-order valence-electron chi connectivity index (χ0n) is 23.1. The number of esters is 1. The highest BCUT2D eigenvalue weighted by Crippen LogP contribution is 2.33. The first-order valence-electron chi connectivity index (χ1n) is 13.9. The zero-order valence-corrected chi connectivity index (χ0v) is 23.1. The topological polar surface area (TPSA) is 77.3 Å². The summed E-state index contributed by atoms with van der Waals surface area (Å²) < 4.78 is 7.03. The first-order valence-corrected chi connectivity index (χ1v) is 13.9. The van der Waals surface area contributed by atoms with Crippen molar-refractivity contribution in [2.45, 2.75) is 59.4 Å². The summed E-state index contributed by atoms with van der Waals surface area (Å²) in [6.07, 6.45) is 7.29. The van der Waals surface area contributed by atoms with Gasteiger partial charge in [0.2, 0.25) is 5.91 Å². The van der Waals surface area contributed by atoms with E-state index in [0.717, 1.165) is 53.4 Å². The molecule has 7 heteroatoms. The maximum absolute atomic E-state index is 13.7. The molecule has 7 nitrogen and oxygen atoms in total. The van der Waals surface area contributed by atoms with Crippen LogP contribution in [0.1, 0.15) is 63.7 Å². The monoisotopic (exact) mass is 524 g/mol. The molecule has 1 fully saturated rings. The summed E-state index contributed by atoms with van der Waals surface area (Å²) in [6, 6.07) is 18.1. The van der Waals surface area contributed by atoms with E-state index >= 15 is 0 Å². The molecule has 2 heterocycles. The van der Waals surface area contributed by atoms with Gasteiger partial charge in [-0.1, -0.05) is 31.2 Å². The highest BCUT2D eigenvalue weighted by atomic mass is 16.5. The number of anilines is 1. The van der Waals surface area contributed by atoms with E-state index in [1.165, 1.54) is 0 Å². The number of aromatic nitrogens is 3. The van der Waals surface area contributed by atoms with Crippen LogP contribution in [0, 0.1) is 11.8 Å². The van der Waals surface area contributed by atoms with E-state index in [0.29, 0.717) is 17.3 Å². The standard InChI is InChI=1S/C32H36N4O3/c1-5-39-32(38)28-20-35(34-30(28)36(21(2)3)31(37)24-10-8-22(4)9-11-24)27-15-12-23(13-16-27)25-14-17-29-26(19-25)7-6-18-33-29/h6-7,12-22,24H,5,8-11H2,1-4H3/t22-,24-. The Kier molecular flexibility index (Phi) is 7.77. The third-order valence-corrected chi connectivity index (χ3v) is 7.61. The van der Waals surface area contributed by atoms with Crippen LogP contribution in [-0.4, -0.2) is 39.3 Å². The molecule has 1 amide bonds. The van der Waals surface area contributed by atoms with Crippen LogP contribution >= 0.6 is 0 Å². The molecule has 2 aromatic heterocycles. The van der Waals surface area contributed by atoms with Gasteiger partial charge in [-0.3, -0.25) is 14.7 Å². The van der Waals surface area contributed by atoms with Gasteiger partial charge in [-0.25, -0.2) is 9.48 Å². The SMILES string of the molecule is CCOC(=O)c1cn(-c2ccc(-c3ccc4ncccc4c3)cc2)nc1N(C(=O)[C@H]1CC[C@H](C)CC1)C(C)C. The molecule has 1 aliphatic carbocycles. The van der Waals surface area contributed by atoms with E-state index in [-0.39, 0.29) is 24.5 Å². The van der Waals surface area contributed by atoms with Gasteiger partial charge in [-0.2, -0.15) is 0 Å². The Bertz CT molecular complexity index is 1470. The summed E-state index contributed by atoms with van der Waals surface area (Å²) in [5.74, 6) is 0.508. The van der Waals surface area contributed by atoms with Crippen molar-refractivity contribution in [2.24, 2.45) is 11.8 Å². The number of carbonyl (C=O) groups excluding carboxylic acids is 2. The van der Waals surface area contributed by atoms with Crippen LogP contribution in [0.4, 0.5) is 5.82 Å². The Morgan fingerprint density at radius 2 is 1.74 bits per heavy atom. The lowest BCUT2D eigenvalue weighted by atomic mass is 9.82. The van der Waals surface area contributed by atoms with E-state index in [1.807, 2.05) is 50.2 Å². The van der Waals surface area contributed by atoms with Crippen molar-refractivity contribution in [3.05, 3.63) is 72.6 Å². The molecule has 0 spiro atoms. The number of hydrogen-bond acceptors (Lipinski definition) is 5. The van der Waals surface area contributed by atoms with Crippen molar-refractivity contribution in [3.63, 3.8) is 0 Å². The van der Waals surface area contributed by atoms with Crippen LogP contribution in [0.25, 0.3) is 27.7 Å². The van der Waals surface area contributed by atoms with Crippen molar-refractivity contribution in [2.75, 3.05) is 11.5 Å². The van der Waals surface area contributed by atoms with E-state index in [2.05, 4.69) is 30.1 Å². The fourth-order valence-corrected chi connectivity index (χ4v) is 5.40. The Morgan fingerprint density at radius 1 is 1.03 bits per heavy atom. The average Bonchev–Trinajstić information content (AvgIpc) is 3.38. The zero-order chi connectivity index (χ0) is 27.5. The Labute approximate surface area is 229 Å². The second-order valence-electron chi connectivity index (χ2n) is 10.7. The minimum Gasteiger partial charge on any atom is -0.462 e. The van der Waals surface area contributed by atoms with Crippen LogP contribution < -0.4 is 4.90 Å². The minimum absolute atomic E-state index is 0.0360. The maximum atomic E-state index is 13.7. The number of pyridine rings is 1. The third-order valence-electron chi connectivity index (χ3n) is 7.61. The van der Waals surface area contributed by atoms with E-state index in [4.69, 9.17) is 9.84 Å². The second-order valence-corrected chi connectivity index (χ2v) is 10.7. The minimum atomic E-state index is -0.476. The van der Waals surface area contributed by atoms with Crippen LogP contribution in [-0.2, 0) is 9.53 Å². The Balaban J connectivity index is 1.48. The normalized spacial score (nSPS) is 17.4. The lowest BCUT2D eigenvalue weighted by Gasteiger charge is -2.32. The van der Waals surface area contributed by atoms with Gasteiger partial charge in [-0.15, -0.1) is 5.10 Å². The smallest absolute Gasteiger partial charge is 0.343 e. The van der Waals surface area contributed by atoms with E-state index in [1.54, 1.807) is 28.9 Å². The molecule has 0 radical (unpaired) electrons. The van der Waals surface area contributed by atoms with Crippen molar-refractivity contribution in [1.29, 1.82) is 0 Å². The quantitative estimate of drug-likeness (QED) is 0.248. The molecule has 4 aromatic rings. The summed E-state index contributed by atoms with van der Waals surface area (Å²) in [7, 11) is 0. The number of ether oxygens (including phenoxy) is 1. The summed E-state index contributed by atoms with van der Waals surface area (Å²) in [4.78, 5) is 32.8. The summed E-state index contributed by atoms with van der Waals surface area (Å²) in [6.45, 7) is 8.19. The third kappa shape index (κ3) is 5.58. The number of nitrogens with zero attached hydrogens (tertiary/aromatic N) is 4. The fraction of sp³-hybridized carbons (Fsp3) is 0.375. The Hall–Kier alpha value is -4.00. The second kappa shape index (κ2) is 11.4. The van der Waals surface area contributed by atoms with Gasteiger partial charge in [0.15, 0.2) is 5.82 Å². The lowest BCUT2D eigenvalue weighted by Crippen LogP contribution is -2.43. The van der Waals surface area contributed by atoms with Crippen molar-refractivity contribution in [1.82, 2.24) is 14.8 Å². The van der Waals surface area contributed by atoms with E-state index in [9.17, 15) is 9.59 Å². The van der Waals surface area contributed by atoms with Gasteiger partial charge in [0.25, 0.3) is 0 Å². The summed E-state index contributed by atoms with van der Waals surface area (Å²) in [5, 5.41) is 5.88.